The summed E-state index contributed by atoms with van der Waals surface area (Å²) in [6, 6.07) is 8.50. The van der Waals surface area contributed by atoms with Gasteiger partial charge in [-0.05, 0) is 48.9 Å². The molecule has 90 valence electrons. The molecule has 0 saturated heterocycles. The van der Waals surface area contributed by atoms with Crippen molar-refractivity contribution in [3.05, 3.63) is 48.0 Å². The van der Waals surface area contributed by atoms with Gasteiger partial charge in [-0.3, -0.25) is 0 Å². The van der Waals surface area contributed by atoms with E-state index in [4.69, 9.17) is 4.42 Å². The van der Waals surface area contributed by atoms with E-state index in [0.29, 0.717) is 6.54 Å². The molecule has 1 aromatic heterocycles. The average Bonchev–Trinajstić information content (AvgIpc) is 2.83. The molecular formula is C14H16FNO. The Morgan fingerprint density at radius 3 is 2.88 bits per heavy atom. The number of hydrogen-bond acceptors (Lipinski definition) is 2. The Morgan fingerprint density at radius 1 is 1.29 bits per heavy atom. The molecule has 1 heterocycles. The minimum Gasteiger partial charge on any atom is -0.464 e. The third kappa shape index (κ3) is 2.94. The van der Waals surface area contributed by atoms with Gasteiger partial charge in [-0.2, -0.15) is 0 Å². The topological polar surface area (TPSA) is 25.2 Å². The van der Waals surface area contributed by atoms with Crippen molar-refractivity contribution in [1.82, 2.24) is 5.32 Å². The average molecular weight is 233 g/mol. The Kier molecular flexibility index (Phi) is 3.94. The highest BCUT2D eigenvalue weighted by molar-refractivity contribution is 5.62. The first-order valence-electron chi connectivity index (χ1n) is 5.84. The van der Waals surface area contributed by atoms with Gasteiger partial charge >= 0.3 is 0 Å². The fourth-order valence-electron chi connectivity index (χ4n) is 1.78. The van der Waals surface area contributed by atoms with Crippen LogP contribution in [0.3, 0.4) is 0 Å². The molecule has 0 fully saturated rings. The second-order valence-electron chi connectivity index (χ2n) is 3.96. The lowest BCUT2D eigenvalue weighted by Crippen LogP contribution is -2.14. The van der Waals surface area contributed by atoms with Crippen LogP contribution >= 0.6 is 0 Å². The molecule has 1 N–H and O–H groups in total. The quantitative estimate of drug-likeness (QED) is 0.798. The minimum absolute atomic E-state index is 0.214. The van der Waals surface area contributed by atoms with E-state index in [1.807, 2.05) is 12.1 Å². The van der Waals surface area contributed by atoms with Crippen molar-refractivity contribution in [2.75, 3.05) is 6.54 Å². The van der Waals surface area contributed by atoms with Crippen molar-refractivity contribution in [3.8, 4) is 11.3 Å². The number of halogens is 1. The van der Waals surface area contributed by atoms with Crippen molar-refractivity contribution >= 4 is 0 Å². The van der Waals surface area contributed by atoms with E-state index in [0.717, 1.165) is 29.9 Å². The van der Waals surface area contributed by atoms with Crippen molar-refractivity contribution in [1.29, 1.82) is 0 Å². The molecule has 0 unspecified atom stereocenters. The molecule has 0 aliphatic heterocycles. The van der Waals surface area contributed by atoms with Gasteiger partial charge in [0.05, 0.1) is 6.26 Å². The fraction of sp³-hybridized carbons (Fsp3) is 0.286. The largest absolute Gasteiger partial charge is 0.464 e. The Morgan fingerprint density at radius 2 is 2.18 bits per heavy atom. The van der Waals surface area contributed by atoms with Crippen LogP contribution in [0.1, 0.15) is 18.9 Å². The number of rotatable bonds is 5. The molecule has 0 atom stereocenters. The van der Waals surface area contributed by atoms with E-state index >= 15 is 0 Å². The molecule has 1 aromatic carbocycles. The second kappa shape index (κ2) is 5.64. The van der Waals surface area contributed by atoms with Crippen LogP contribution in [-0.4, -0.2) is 6.54 Å². The first-order valence-corrected chi connectivity index (χ1v) is 5.84. The zero-order chi connectivity index (χ0) is 12.1. The lowest BCUT2D eigenvalue weighted by Gasteiger charge is -2.08. The van der Waals surface area contributed by atoms with E-state index in [1.165, 1.54) is 6.07 Å². The predicted octanol–water partition coefficient (Wildman–Crippen LogP) is 3.59. The SMILES string of the molecule is CCCNCc1cc(F)ccc1-c1ccco1. The summed E-state index contributed by atoms with van der Waals surface area (Å²) in [5, 5.41) is 3.27. The first-order chi connectivity index (χ1) is 8.31. The van der Waals surface area contributed by atoms with Crippen LogP contribution in [0.2, 0.25) is 0 Å². The van der Waals surface area contributed by atoms with Crippen LogP contribution in [0.5, 0.6) is 0 Å². The number of hydrogen-bond donors (Lipinski definition) is 1. The smallest absolute Gasteiger partial charge is 0.134 e. The minimum atomic E-state index is -0.214. The van der Waals surface area contributed by atoms with Crippen LogP contribution in [0, 0.1) is 5.82 Å². The molecule has 2 aromatic rings. The van der Waals surface area contributed by atoms with E-state index < -0.39 is 0 Å². The lowest BCUT2D eigenvalue weighted by molar-refractivity contribution is 0.578. The highest BCUT2D eigenvalue weighted by atomic mass is 19.1. The zero-order valence-corrected chi connectivity index (χ0v) is 9.87. The van der Waals surface area contributed by atoms with Gasteiger partial charge < -0.3 is 9.73 Å². The van der Waals surface area contributed by atoms with Crippen LogP contribution in [0.4, 0.5) is 4.39 Å². The molecule has 0 aliphatic carbocycles. The van der Waals surface area contributed by atoms with E-state index in [-0.39, 0.29) is 5.82 Å². The Labute approximate surface area is 100 Å². The van der Waals surface area contributed by atoms with Crippen LogP contribution < -0.4 is 5.32 Å². The summed E-state index contributed by atoms with van der Waals surface area (Å²) < 4.78 is 18.6. The summed E-state index contributed by atoms with van der Waals surface area (Å²) in [5.74, 6) is 0.562. The van der Waals surface area contributed by atoms with Crippen molar-refractivity contribution in [2.45, 2.75) is 19.9 Å². The van der Waals surface area contributed by atoms with Gasteiger partial charge in [-0.25, -0.2) is 4.39 Å². The van der Waals surface area contributed by atoms with E-state index in [1.54, 1.807) is 18.4 Å². The van der Waals surface area contributed by atoms with Gasteiger partial charge in [0.15, 0.2) is 0 Å². The van der Waals surface area contributed by atoms with Crippen LogP contribution in [-0.2, 0) is 6.54 Å². The fourth-order valence-corrected chi connectivity index (χ4v) is 1.78. The van der Waals surface area contributed by atoms with E-state index in [9.17, 15) is 4.39 Å². The lowest BCUT2D eigenvalue weighted by atomic mass is 10.0. The number of furan rings is 1. The van der Waals surface area contributed by atoms with Crippen molar-refractivity contribution < 1.29 is 8.81 Å². The molecule has 2 nitrogen and oxygen atoms in total. The predicted molar refractivity (Wildman–Crippen MR) is 66.1 cm³/mol. The normalized spacial score (nSPS) is 10.7. The standard InChI is InChI=1S/C14H16FNO/c1-2-7-16-10-11-9-12(15)5-6-13(11)14-4-3-8-17-14/h3-6,8-9,16H,2,7,10H2,1H3. The first kappa shape index (κ1) is 11.9. The Bertz CT molecular complexity index is 465. The molecule has 0 amide bonds. The Hall–Kier alpha value is -1.61. The van der Waals surface area contributed by atoms with Gasteiger partial charge in [0.25, 0.3) is 0 Å². The summed E-state index contributed by atoms with van der Waals surface area (Å²) in [6.45, 7) is 3.68. The summed E-state index contributed by atoms with van der Waals surface area (Å²) in [6.07, 6.45) is 2.69. The van der Waals surface area contributed by atoms with Gasteiger partial charge in [-0.1, -0.05) is 6.92 Å². The molecule has 3 heteroatoms. The molecule has 2 rings (SSSR count). The van der Waals surface area contributed by atoms with Crippen molar-refractivity contribution in [2.24, 2.45) is 0 Å². The third-order valence-electron chi connectivity index (χ3n) is 2.60. The van der Waals surface area contributed by atoms with Crippen LogP contribution in [0.25, 0.3) is 11.3 Å². The molecule has 17 heavy (non-hydrogen) atoms. The number of benzene rings is 1. The summed E-state index contributed by atoms with van der Waals surface area (Å²) in [7, 11) is 0. The van der Waals surface area contributed by atoms with Crippen LogP contribution in [0.15, 0.2) is 41.0 Å². The molecule has 0 aliphatic rings. The highest BCUT2D eigenvalue weighted by Crippen LogP contribution is 2.24. The zero-order valence-electron chi connectivity index (χ0n) is 9.87. The highest BCUT2D eigenvalue weighted by Gasteiger charge is 2.08. The Balaban J connectivity index is 2.25. The van der Waals surface area contributed by atoms with Gasteiger partial charge in [0, 0.05) is 12.1 Å². The summed E-state index contributed by atoms with van der Waals surface area (Å²) in [4.78, 5) is 0. The van der Waals surface area contributed by atoms with Crippen molar-refractivity contribution in [3.63, 3.8) is 0 Å². The van der Waals surface area contributed by atoms with E-state index in [2.05, 4.69) is 12.2 Å². The monoisotopic (exact) mass is 233 g/mol. The maximum absolute atomic E-state index is 13.2. The molecule has 0 radical (unpaired) electrons. The summed E-state index contributed by atoms with van der Waals surface area (Å²) >= 11 is 0. The van der Waals surface area contributed by atoms with Gasteiger partial charge in [0.2, 0.25) is 0 Å². The molecule has 0 spiro atoms. The van der Waals surface area contributed by atoms with Gasteiger partial charge in [-0.15, -0.1) is 0 Å². The number of nitrogens with one attached hydrogen (secondary N) is 1. The third-order valence-corrected chi connectivity index (χ3v) is 2.60. The van der Waals surface area contributed by atoms with Gasteiger partial charge in [0.1, 0.15) is 11.6 Å². The molecule has 0 bridgehead atoms. The molecule has 0 saturated carbocycles. The maximum Gasteiger partial charge on any atom is 0.134 e. The summed E-state index contributed by atoms with van der Waals surface area (Å²) in [5.41, 5.74) is 1.87. The second-order valence-corrected chi connectivity index (χ2v) is 3.96. The molecular weight excluding hydrogens is 217 g/mol. The maximum atomic E-state index is 13.2.